The lowest BCUT2D eigenvalue weighted by Crippen LogP contribution is -2.17. The van der Waals surface area contributed by atoms with Crippen molar-refractivity contribution in [3.8, 4) is 28.1 Å². The van der Waals surface area contributed by atoms with Crippen molar-refractivity contribution >= 4 is 34.2 Å². The molecule has 1 aliphatic rings. The molecule has 0 amide bonds. The highest BCUT2D eigenvalue weighted by atomic mass is 35.5. The van der Waals surface area contributed by atoms with Crippen LogP contribution in [0, 0.1) is 0 Å². The Labute approximate surface area is 277 Å². The topological polar surface area (TPSA) is 54.7 Å². The van der Waals surface area contributed by atoms with Gasteiger partial charge in [-0.15, -0.1) is 0 Å². The van der Waals surface area contributed by atoms with Crippen LogP contribution in [0.25, 0.3) is 33.3 Å². The average Bonchev–Trinajstić information content (AvgIpc) is 3.73. The molecule has 0 aliphatic carbocycles. The van der Waals surface area contributed by atoms with Crippen LogP contribution in [0.4, 0.5) is 5.69 Å². The molecule has 6 rings (SSSR count). The fraction of sp³-hybridized carbons (Fsp3) is 0.325. The summed E-state index contributed by atoms with van der Waals surface area (Å²) in [6, 6.07) is 28.7. The maximum Gasteiger partial charge on any atom is 0.335 e. The Morgan fingerprint density at radius 2 is 1.59 bits per heavy atom. The van der Waals surface area contributed by atoms with E-state index in [1.54, 1.807) is 6.07 Å². The molecule has 1 saturated heterocycles. The average molecular weight is 635 g/mol. The summed E-state index contributed by atoms with van der Waals surface area (Å²) in [5.41, 5.74) is 9.55. The van der Waals surface area contributed by atoms with Gasteiger partial charge in [-0.05, 0) is 121 Å². The molecule has 2 heterocycles. The van der Waals surface area contributed by atoms with Gasteiger partial charge in [0.05, 0.1) is 11.3 Å². The van der Waals surface area contributed by atoms with E-state index in [1.165, 1.54) is 49.0 Å². The van der Waals surface area contributed by atoms with Crippen molar-refractivity contribution in [3.63, 3.8) is 0 Å². The molecule has 5 aromatic rings. The zero-order chi connectivity index (χ0) is 32.0. The van der Waals surface area contributed by atoms with Crippen molar-refractivity contribution in [2.45, 2.75) is 71.9 Å². The quantitative estimate of drug-likeness (QED) is 0.131. The maximum absolute atomic E-state index is 11.8. The third kappa shape index (κ3) is 6.80. The van der Waals surface area contributed by atoms with Crippen LogP contribution in [0.1, 0.15) is 73.9 Å². The van der Waals surface area contributed by atoms with Crippen LogP contribution in [-0.4, -0.2) is 28.7 Å². The van der Waals surface area contributed by atoms with E-state index < -0.39 is 5.97 Å². The summed E-state index contributed by atoms with van der Waals surface area (Å²) < 4.78 is 8.72. The number of ether oxygens (including phenoxy) is 1. The molecule has 6 heteroatoms. The van der Waals surface area contributed by atoms with Crippen molar-refractivity contribution in [1.82, 2.24) is 4.57 Å². The maximum atomic E-state index is 11.8. The monoisotopic (exact) mass is 634 g/mol. The normalized spacial score (nSPS) is 13.1. The number of halogens is 1. The van der Waals surface area contributed by atoms with Gasteiger partial charge in [0.15, 0.2) is 0 Å². The molecule has 1 fully saturated rings. The van der Waals surface area contributed by atoms with E-state index in [0.29, 0.717) is 12.2 Å². The summed E-state index contributed by atoms with van der Waals surface area (Å²) in [6.07, 6.45) is 8.13. The summed E-state index contributed by atoms with van der Waals surface area (Å²) >= 11 is 6.20. The first-order chi connectivity index (χ1) is 22.5. The third-order valence-corrected chi connectivity index (χ3v) is 9.50. The molecular weight excluding hydrogens is 592 g/mol. The lowest BCUT2D eigenvalue weighted by molar-refractivity contribution is 0.0697. The number of hydrogen-bond acceptors (Lipinski definition) is 3. The summed E-state index contributed by atoms with van der Waals surface area (Å²) in [4.78, 5) is 14.3. The minimum Gasteiger partial charge on any atom is -0.489 e. The molecule has 1 aromatic heterocycles. The van der Waals surface area contributed by atoms with Crippen molar-refractivity contribution < 1.29 is 14.6 Å². The predicted molar refractivity (Wildman–Crippen MR) is 191 cm³/mol. The molecule has 0 saturated carbocycles. The Bertz CT molecular complexity index is 1800. The number of rotatable bonds is 13. The van der Waals surface area contributed by atoms with Gasteiger partial charge in [-0.3, -0.25) is 0 Å². The summed E-state index contributed by atoms with van der Waals surface area (Å²) in [5.74, 6) is -0.0855. The number of aromatic carboxylic acids is 1. The molecule has 46 heavy (non-hydrogen) atoms. The summed E-state index contributed by atoms with van der Waals surface area (Å²) in [7, 11) is 0. The first-order valence-corrected chi connectivity index (χ1v) is 17.1. The van der Waals surface area contributed by atoms with Crippen LogP contribution in [0.3, 0.4) is 0 Å². The Balaban J connectivity index is 1.30. The zero-order valence-electron chi connectivity index (χ0n) is 26.9. The van der Waals surface area contributed by atoms with Gasteiger partial charge in [-0.25, -0.2) is 4.79 Å². The van der Waals surface area contributed by atoms with Gasteiger partial charge in [0.1, 0.15) is 12.4 Å². The number of carbonyl (C=O) groups is 1. The fourth-order valence-corrected chi connectivity index (χ4v) is 6.97. The highest BCUT2D eigenvalue weighted by Gasteiger charge is 2.20. The molecule has 238 valence electrons. The van der Waals surface area contributed by atoms with E-state index in [0.717, 1.165) is 76.4 Å². The second-order valence-corrected chi connectivity index (χ2v) is 12.7. The van der Waals surface area contributed by atoms with Gasteiger partial charge in [0.25, 0.3) is 0 Å². The van der Waals surface area contributed by atoms with E-state index in [4.69, 9.17) is 16.3 Å². The number of benzene rings is 4. The SMILES string of the molecule is CCCCCCc1c(-c2ccc(OCc3cc(N4CCCC4)ccc3-c3ccc(Cl)cc3)cc2)n(CC)c2cc(C(=O)O)ccc12. The zero-order valence-corrected chi connectivity index (χ0v) is 27.7. The second-order valence-electron chi connectivity index (χ2n) is 12.3. The van der Waals surface area contributed by atoms with Gasteiger partial charge in [-0.1, -0.05) is 62.1 Å². The summed E-state index contributed by atoms with van der Waals surface area (Å²) in [6.45, 7) is 7.75. The molecule has 0 bridgehead atoms. The molecule has 0 radical (unpaired) electrons. The van der Waals surface area contributed by atoms with Gasteiger partial charge in [-0.2, -0.15) is 0 Å². The Hall–Kier alpha value is -4.22. The van der Waals surface area contributed by atoms with E-state index >= 15 is 0 Å². The predicted octanol–water partition coefficient (Wildman–Crippen LogP) is 10.6. The van der Waals surface area contributed by atoms with Gasteiger partial charge >= 0.3 is 5.97 Å². The number of fused-ring (bicyclic) bond motifs is 1. The lowest BCUT2D eigenvalue weighted by Gasteiger charge is -2.20. The lowest BCUT2D eigenvalue weighted by atomic mass is 9.98. The second kappa shape index (κ2) is 14.5. The van der Waals surface area contributed by atoms with E-state index in [9.17, 15) is 9.90 Å². The standard InChI is InChI=1S/C40H43ClN2O3/c1-3-5-6-7-10-37-36-21-15-30(40(44)45)26-38(36)43(4-2)39(37)29-13-19-34(20-14-29)46-27-31-25-33(42-23-8-9-24-42)18-22-35(31)28-11-16-32(41)17-12-28/h11-22,25-26H,3-10,23-24,27H2,1-2H3,(H,44,45). The number of hydrogen-bond donors (Lipinski definition) is 1. The number of carboxylic acids is 1. The van der Waals surface area contributed by atoms with Crippen molar-refractivity contribution in [2.24, 2.45) is 0 Å². The van der Waals surface area contributed by atoms with Crippen molar-refractivity contribution in [3.05, 3.63) is 107 Å². The minimum atomic E-state index is -0.900. The molecule has 1 N–H and O–H groups in total. The Morgan fingerprint density at radius 1 is 0.848 bits per heavy atom. The molecule has 0 atom stereocenters. The number of carboxylic acid groups (broad SMARTS) is 1. The molecule has 1 aliphatic heterocycles. The number of aromatic nitrogens is 1. The van der Waals surface area contributed by atoms with E-state index in [1.807, 2.05) is 24.3 Å². The molecular formula is C40H43ClN2O3. The van der Waals surface area contributed by atoms with Crippen LogP contribution in [0.15, 0.2) is 84.9 Å². The Kier molecular flexibility index (Phi) is 9.99. The van der Waals surface area contributed by atoms with Crippen molar-refractivity contribution in [1.29, 1.82) is 0 Å². The molecule has 0 unspecified atom stereocenters. The fourth-order valence-electron chi connectivity index (χ4n) is 6.85. The molecule has 4 aromatic carbocycles. The van der Waals surface area contributed by atoms with Crippen molar-refractivity contribution in [2.75, 3.05) is 18.0 Å². The summed E-state index contributed by atoms with van der Waals surface area (Å²) in [5, 5.41) is 11.6. The number of nitrogens with zero attached hydrogens (tertiary/aromatic N) is 2. The van der Waals surface area contributed by atoms with Crippen LogP contribution >= 0.6 is 11.6 Å². The third-order valence-electron chi connectivity index (χ3n) is 9.25. The first-order valence-electron chi connectivity index (χ1n) is 16.7. The minimum absolute atomic E-state index is 0.319. The number of unbranched alkanes of at least 4 members (excludes halogenated alkanes) is 3. The van der Waals surface area contributed by atoms with Crippen LogP contribution in [0.5, 0.6) is 5.75 Å². The Morgan fingerprint density at radius 3 is 2.28 bits per heavy atom. The van der Waals surface area contributed by atoms with E-state index in [2.05, 4.69) is 77.9 Å². The van der Waals surface area contributed by atoms with Gasteiger partial charge < -0.3 is 19.3 Å². The largest absolute Gasteiger partial charge is 0.489 e. The molecule has 0 spiro atoms. The highest BCUT2D eigenvalue weighted by Crippen LogP contribution is 2.37. The van der Waals surface area contributed by atoms with Crippen LogP contribution in [0.2, 0.25) is 5.02 Å². The molecule has 5 nitrogen and oxygen atoms in total. The smallest absolute Gasteiger partial charge is 0.335 e. The number of aryl methyl sites for hydroxylation is 2. The van der Waals surface area contributed by atoms with E-state index in [-0.39, 0.29) is 0 Å². The van der Waals surface area contributed by atoms with Crippen LogP contribution < -0.4 is 9.64 Å². The number of anilines is 1. The van der Waals surface area contributed by atoms with Gasteiger partial charge in [0.2, 0.25) is 0 Å². The highest BCUT2D eigenvalue weighted by molar-refractivity contribution is 6.30. The first kappa shape index (κ1) is 31.7. The van der Waals surface area contributed by atoms with Gasteiger partial charge in [0, 0.05) is 41.2 Å². The van der Waals surface area contributed by atoms with Crippen LogP contribution in [-0.2, 0) is 19.6 Å².